The molecular formula is C10H11FN4O. The van der Waals surface area contributed by atoms with E-state index in [1.54, 1.807) is 17.9 Å². The zero-order chi connectivity index (χ0) is 11.9. The van der Waals surface area contributed by atoms with E-state index >= 15 is 0 Å². The Bertz CT molecular complexity index is 599. The number of aryl methyl sites for hydroxylation is 2. The summed E-state index contributed by atoms with van der Waals surface area (Å²) in [6, 6.07) is 0. The van der Waals surface area contributed by atoms with Crippen LogP contribution in [0, 0.1) is 19.7 Å². The van der Waals surface area contributed by atoms with Crippen molar-refractivity contribution in [1.29, 1.82) is 0 Å². The Hall–Kier alpha value is -1.98. The molecule has 0 amide bonds. The van der Waals surface area contributed by atoms with Gasteiger partial charge in [-0.2, -0.15) is 9.49 Å². The molecule has 0 fully saturated rings. The molecule has 6 heteroatoms. The zero-order valence-electron chi connectivity index (χ0n) is 9.21. The Kier molecular flexibility index (Phi) is 2.34. The van der Waals surface area contributed by atoms with Gasteiger partial charge in [-0.1, -0.05) is 0 Å². The van der Waals surface area contributed by atoms with Crippen LogP contribution < -0.4 is 5.56 Å². The van der Waals surface area contributed by atoms with Crippen molar-refractivity contribution in [2.75, 3.05) is 0 Å². The van der Waals surface area contributed by atoms with Crippen LogP contribution in [-0.2, 0) is 7.05 Å². The summed E-state index contributed by atoms with van der Waals surface area (Å²) in [5, 5.41) is 4.04. The van der Waals surface area contributed by atoms with Gasteiger partial charge < -0.3 is 4.98 Å². The largest absolute Gasteiger partial charge is 0.304 e. The number of aromatic nitrogens is 4. The van der Waals surface area contributed by atoms with E-state index < -0.39 is 11.4 Å². The summed E-state index contributed by atoms with van der Waals surface area (Å²) in [6.45, 7) is 3.31. The summed E-state index contributed by atoms with van der Waals surface area (Å²) in [4.78, 5) is 17.6. The average Bonchev–Trinajstić information content (AvgIpc) is 2.56. The Morgan fingerprint density at radius 3 is 2.62 bits per heavy atom. The molecule has 0 aliphatic rings. The van der Waals surface area contributed by atoms with E-state index in [0.29, 0.717) is 11.4 Å². The Labute approximate surface area is 91.0 Å². The molecule has 2 heterocycles. The Balaban J connectivity index is 2.66. The van der Waals surface area contributed by atoms with Crippen LogP contribution >= 0.6 is 0 Å². The van der Waals surface area contributed by atoms with Gasteiger partial charge in [-0.25, -0.2) is 4.98 Å². The highest BCUT2D eigenvalue weighted by Gasteiger charge is 2.12. The highest BCUT2D eigenvalue weighted by Crippen LogP contribution is 2.17. The maximum absolute atomic E-state index is 13.1. The zero-order valence-corrected chi connectivity index (χ0v) is 9.21. The van der Waals surface area contributed by atoms with Crippen LogP contribution in [0.4, 0.5) is 4.39 Å². The van der Waals surface area contributed by atoms with Gasteiger partial charge in [0.25, 0.3) is 5.56 Å². The number of H-pyrrole nitrogens is 1. The first-order valence-electron chi connectivity index (χ1n) is 4.76. The lowest BCUT2D eigenvalue weighted by atomic mass is 10.2. The summed E-state index contributed by atoms with van der Waals surface area (Å²) in [5.74, 6) is -0.500. The number of nitrogens with zero attached hydrogens (tertiary/aromatic N) is 3. The van der Waals surface area contributed by atoms with Crippen LogP contribution in [-0.4, -0.2) is 19.7 Å². The molecule has 0 radical (unpaired) electrons. The molecule has 16 heavy (non-hydrogen) atoms. The van der Waals surface area contributed by atoms with Gasteiger partial charge in [0.2, 0.25) is 5.82 Å². The minimum absolute atomic E-state index is 0.0852. The Morgan fingerprint density at radius 1 is 1.44 bits per heavy atom. The first kappa shape index (κ1) is 10.5. The lowest BCUT2D eigenvalue weighted by Crippen LogP contribution is -2.15. The van der Waals surface area contributed by atoms with Crippen molar-refractivity contribution in [3.63, 3.8) is 0 Å². The Morgan fingerprint density at radius 2 is 2.12 bits per heavy atom. The molecule has 0 unspecified atom stereocenters. The monoisotopic (exact) mass is 222 g/mol. The molecule has 2 rings (SSSR count). The van der Waals surface area contributed by atoms with E-state index in [4.69, 9.17) is 0 Å². The van der Waals surface area contributed by atoms with Crippen molar-refractivity contribution in [3.8, 4) is 11.4 Å². The fraction of sp³-hybridized carbons (Fsp3) is 0.300. The summed E-state index contributed by atoms with van der Waals surface area (Å²) >= 11 is 0. The van der Waals surface area contributed by atoms with Crippen LogP contribution in [0.3, 0.4) is 0 Å². The maximum atomic E-state index is 13.1. The van der Waals surface area contributed by atoms with Gasteiger partial charge in [0.05, 0.1) is 17.5 Å². The van der Waals surface area contributed by atoms with E-state index in [0.717, 1.165) is 5.69 Å². The first-order chi connectivity index (χ1) is 7.50. The molecule has 0 aromatic carbocycles. The molecule has 0 aliphatic heterocycles. The van der Waals surface area contributed by atoms with Gasteiger partial charge in [-0.15, -0.1) is 0 Å². The van der Waals surface area contributed by atoms with Gasteiger partial charge in [-0.05, 0) is 13.8 Å². The second-order valence-electron chi connectivity index (χ2n) is 3.58. The molecule has 1 N–H and O–H groups in total. The molecular weight excluding hydrogens is 211 g/mol. The molecule has 84 valence electrons. The lowest BCUT2D eigenvalue weighted by molar-refractivity contribution is 0.589. The maximum Gasteiger partial charge on any atom is 0.287 e. The standard InChI is InChI=1S/C10H11FN4O/c1-5-8(11)10(16)14-9(13-5)7-4-12-15(3)6(7)2/h4H,1-3H3,(H,13,14,16). The van der Waals surface area contributed by atoms with Crippen LogP contribution in [0.25, 0.3) is 11.4 Å². The van der Waals surface area contributed by atoms with Crippen LogP contribution in [0.15, 0.2) is 11.0 Å². The van der Waals surface area contributed by atoms with Crippen LogP contribution in [0.1, 0.15) is 11.4 Å². The van der Waals surface area contributed by atoms with Crippen molar-refractivity contribution < 1.29 is 4.39 Å². The molecule has 0 aliphatic carbocycles. The van der Waals surface area contributed by atoms with E-state index in [1.165, 1.54) is 6.92 Å². The number of halogens is 1. The molecule has 2 aromatic rings. The molecule has 0 saturated heterocycles. The fourth-order valence-corrected chi connectivity index (χ4v) is 1.43. The summed E-state index contributed by atoms with van der Waals surface area (Å²) in [5.41, 5.74) is 0.879. The van der Waals surface area contributed by atoms with Crippen molar-refractivity contribution in [1.82, 2.24) is 19.7 Å². The number of rotatable bonds is 1. The van der Waals surface area contributed by atoms with Gasteiger partial charge in [0, 0.05) is 12.7 Å². The quantitative estimate of drug-likeness (QED) is 0.780. The number of aromatic amines is 1. The predicted molar refractivity (Wildman–Crippen MR) is 56.5 cm³/mol. The summed E-state index contributed by atoms with van der Waals surface area (Å²) in [7, 11) is 1.79. The minimum Gasteiger partial charge on any atom is -0.304 e. The van der Waals surface area contributed by atoms with E-state index in [9.17, 15) is 9.18 Å². The highest BCUT2D eigenvalue weighted by molar-refractivity contribution is 5.56. The molecule has 5 nitrogen and oxygen atoms in total. The molecule has 0 spiro atoms. The van der Waals surface area contributed by atoms with Gasteiger partial charge in [-0.3, -0.25) is 9.48 Å². The molecule has 0 saturated carbocycles. The minimum atomic E-state index is -0.842. The second kappa shape index (κ2) is 3.55. The number of hydrogen-bond acceptors (Lipinski definition) is 3. The van der Waals surface area contributed by atoms with E-state index in [-0.39, 0.29) is 5.69 Å². The average molecular weight is 222 g/mol. The van der Waals surface area contributed by atoms with Crippen molar-refractivity contribution in [3.05, 3.63) is 33.8 Å². The van der Waals surface area contributed by atoms with Gasteiger partial charge in [0.1, 0.15) is 5.82 Å². The van der Waals surface area contributed by atoms with Crippen molar-refractivity contribution >= 4 is 0 Å². The van der Waals surface area contributed by atoms with Gasteiger partial charge >= 0.3 is 0 Å². The highest BCUT2D eigenvalue weighted by atomic mass is 19.1. The van der Waals surface area contributed by atoms with Gasteiger partial charge in [0.15, 0.2) is 0 Å². The first-order valence-corrected chi connectivity index (χ1v) is 4.76. The predicted octanol–water partition coefficient (Wildman–Crippen LogP) is 0.926. The molecule has 0 bridgehead atoms. The third-order valence-electron chi connectivity index (χ3n) is 2.52. The normalized spacial score (nSPS) is 10.8. The fourth-order valence-electron chi connectivity index (χ4n) is 1.43. The number of hydrogen-bond donors (Lipinski definition) is 1. The summed E-state index contributed by atoms with van der Waals surface area (Å²) in [6.07, 6.45) is 1.59. The summed E-state index contributed by atoms with van der Waals surface area (Å²) < 4.78 is 14.8. The second-order valence-corrected chi connectivity index (χ2v) is 3.58. The van der Waals surface area contributed by atoms with Crippen molar-refractivity contribution in [2.24, 2.45) is 7.05 Å². The molecule has 2 aromatic heterocycles. The molecule has 0 atom stereocenters. The van der Waals surface area contributed by atoms with Crippen molar-refractivity contribution in [2.45, 2.75) is 13.8 Å². The van der Waals surface area contributed by atoms with Crippen LogP contribution in [0.5, 0.6) is 0 Å². The third kappa shape index (κ3) is 1.52. The number of nitrogens with one attached hydrogen (secondary N) is 1. The SMILES string of the molecule is Cc1nc(-c2cnn(C)c2C)[nH]c(=O)c1F. The lowest BCUT2D eigenvalue weighted by Gasteiger charge is -2.02. The third-order valence-corrected chi connectivity index (χ3v) is 2.52. The topological polar surface area (TPSA) is 63.6 Å². The smallest absolute Gasteiger partial charge is 0.287 e. The van der Waals surface area contributed by atoms with E-state index in [1.807, 2.05) is 6.92 Å². The van der Waals surface area contributed by atoms with Crippen LogP contribution in [0.2, 0.25) is 0 Å². The van der Waals surface area contributed by atoms with E-state index in [2.05, 4.69) is 15.1 Å².